The van der Waals surface area contributed by atoms with Gasteiger partial charge in [0, 0.05) is 11.3 Å². The molecule has 0 aromatic carbocycles. The van der Waals surface area contributed by atoms with Gasteiger partial charge in [0.15, 0.2) is 5.60 Å². The highest BCUT2D eigenvalue weighted by Crippen LogP contribution is 2.37. The Kier molecular flexibility index (Phi) is 2.37. The quantitative estimate of drug-likeness (QED) is 0.813. The summed E-state index contributed by atoms with van der Waals surface area (Å²) in [6.07, 6.45) is 2.87. The van der Waals surface area contributed by atoms with Crippen molar-refractivity contribution in [1.82, 2.24) is 0 Å². The molecule has 0 spiro atoms. The Bertz CT molecular complexity index is 363. The Hall–Kier alpha value is -0.800. The topological polar surface area (TPSA) is 29.5 Å². The molecule has 2 heterocycles. The van der Waals surface area contributed by atoms with E-state index < -0.39 is 5.60 Å². The predicted molar refractivity (Wildman–Crippen MR) is 57.3 cm³/mol. The molecule has 1 atom stereocenters. The van der Waals surface area contributed by atoms with E-state index in [0.717, 1.165) is 16.9 Å². The highest BCUT2D eigenvalue weighted by atomic mass is 32.1. The molecule has 3 heteroatoms. The minimum Gasteiger partial charge on any atom is -0.494 e. The van der Waals surface area contributed by atoms with E-state index in [1.807, 2.05) is 24.4 Å². The lowest BCUT2D eigenvalue weighted by molar-refractivity contribution is 0.0343. The molecule has 0 bridgehead atoms. The molecule has 0 aliphatic carbocycles. The molecule has 0 saturated heterocycles. The second-order valence-corrected chi connectivity index (χ2v) is 4.63. The fraction of sp³-hybridized carbons (Fsp3) is 0.455. The van der Waals surface area contributed by atoms with Gasteiger partial charge in [0.1, 0.15) is 5.76 Å². The van der Waals surface area contributed by atoms with Crippen LogP contribution in [0.4, 0.5) is 0 Å². The van der Waals surface area contributed by atoms with Gasteiger partial charge in [-0.25, -0.2) is 0 Å². The van der Waals surface area contributed by atoms with Crippen LogP contribution in [-0.4, -0.2) is 11.7 Å². The lowest BCUT2D eigenvalue weighted by Gasteiger charge is -2.23. The third-order valence-corrected chi connectivity index (χ3v) is 3.72. The van der Waals surface area contributed by atoms with E-state index in [4.69, 9.17) is 4.74 Å². The van der Waals surface area contributed by atoms with E-state index in [1.54, 1.807) is 18.3 Å². The normalized spacial score (nSPS) is 20.1. The summed E-state index contributed by atoms with van der Waals surface area (Å²) in [5.74, 6) is 0.697. The van der Waals surface area contributed by atoms with Gasteiger partial charge in [-0.2, -0.15) is 0 Å². The van der Waals surface area contributed by atoms with Crippen LogP contribution in [0.1, 0.15) is 23.8 Å². The molecule has 1 unspecified atom stereocenters. The molecule has 0 saturated carbocycles. The highest BCUT2D eigenvalue weighted by Gasteiger charge is 2.33. The van der Waals surface area contributed by atoms with Crippen molar-refractivity contribution < 1.29 is 9.84 Å². The predicted octanol–water partition coefficient (Wildman–Crippen LogP) is 2.57. The Morgan fingerprint density at radius 1 is 1.57 bits per heavy atom. The van der Waals surface area contributed by atoms with Gasteiger partial charge in [-0.1, -0.05) is 0 Å². The van der Waals surface area contributed by atoms with E-state index in [1.165, 1.54) is 0 Å². The minimum atomic E-state index is -0.950. The van der Waals surface area contributed by atoms with Crippen LogP contribution in [0.2, 0.25) is 0 Å². The molecule has 14 heavy (non-hydrogen) atoms. The van der Waals surface area contributed by atoms with Crippen molar-refractivity contribution in [1.29, 1.82) is 0 Å². The summed E-state index contributed by atoms with van der Waals surface area (Å²) in [5, 5.41) is 12.4. The smallest absolute Gasteiger partial charge is 0.153 e. The maximum atomic E-state index is 10.4. The first-order valence-electron chi connectivity index (χ1n) is 4.73. The van der Waals surface area contributed by atoms with Crippen LogP contribution in [0.5, 0.6) is 0 Å². The van der Waals surface area contributed by atoms with Crippen molar-refractivity contribution >= 4 is 11.3 Å². The minimum absolute atomic E-state index is 0.690. The molecule has 76 valence electrons. The first kappa shape index (κ1) is 9.74. The van der Waals surface area contributed by atoms with E-state index in [-0.39, 0.29) is 0 Å². The molecular weight excluding hydrogens is 196 g/mol. The summed E-state index contributed by atoms with van der Waals surface area (Å²) in [5.41, 5.74) is 0.172. The maximum Gasteiger partial charge on any atom is 0.153 e. The van der Waals surface area contributed by atoms with Crippen molar-refractivity contribution in [2.24, 2.45) is 0 Å². The average Bonchev–Trinajstić information content (AvgIpc) is 2.72. The largest absolute Gasteiger partial charge is 0.494 e. The number of aliphatic hydroxyl groups is 1. The molecule has 1 aromatic heterocycles. The van der Waals surface area contributed by atoms with Gasteiger partial charge in [0.25, 0.3) is 0 Å². The second kappa shape index (κ2) is 3.41. The first-order valence-corrected chi connectivity index (χ1v) is 5.60. The number of hydrogen-bond donors (Lipinski definition) is 1. The molecule has 0 radical (unpaired) electrons. The lowest BCUT2D eigenvalue weighted by atomic mass is 9.99. The van der Waals surface area contributed by atoms with Crippen LogP contribution in [-0.2, 0) is 10.3 Å². The number of thiophene rings is 1. The Labute approximate surface area is 87.8 Å². The van der Waals surface area contributed by atoms with Crippen molar-refractivity contribution in [3.63, 3.8) is 0 Å². The molecule has 1 aliphatic rings. The zero-order valence-electron chi connectivity index (χ0n) is 8.41. The summed E-state index contributed by atoms with van der Waals surface area (Å²) in [4.78, 5) is 0.977. The number of ether oxygens (including phenoxy) is 1. The first-order chi connectivity index (χ1) is 6.62. The second-order valence-electron chi connectivity index (χ2n) is 3.71. The van der Waals surface area contributed by atoms with Crippen molar-refractivity contribution in [2.75, 3.05) is 6.61 Å². The summed E-state index contributed by atoms with van der Waals surface area (Å²) >= 11 is 1.57. The summed E-state index contributed by atoms with van der Waals surface area (Å²) in [6.45, 7) is 4.49. The zero-order chi connectivity index (χ0) is 10.2. The van der Waals surface area contributed by atoms with E-state index in [0.29, 0.717) is 12.4 Å². The summed E-state index contributed by atoms with van der Waals surface area (Å²) < 4.78 is 5.41. The van der Waals surface area contributed by atoms with E-state index in [2.05, 4.69) is 0 Å². The van der Waals surface area contributed by atoms with Gasteiger partial charge >= 0.3 is 0 Å². The average molecular weight is 210 g/mol. The molecular formula is C11H14O2S. The third kappa shape index (κ3) is 1.47. The SMILES string of the molecule is Cc1ccsc1C(C)(O)C1=CCCO1. The molecule has 0 amide bonds. The van der Waals surface area contributed by atoms with Crippen molar-refractivity contribution in [3.8, 4) is 0 Å². The van der Waals surface area contributed by atoms with Gasteiger partial charge in [-0.15, -0.1) is 11.3 Å². The van der Waals surface area contributed by atoms with Gasteiger partial charge < -0.3 is 9.84 Å². The van der Waals surface area contributed by atoms with Crippen LogP contribution < -0.4 is 0 Å². The highest BCUT2D eigenvalue weighted by molar-refractivity contribution is 7.10. The van der Waals surface area contributed by atoms with Gasteiger partial charge in [0.05, 0.1) is 6.61 Å². The van der Waals surface area contributed by atoms with E-state index in [9.17, 15) is 5.11 Å². The van der Waals surface area contributed by atoms with Crippen LogP contribution in [0.15, 0.2) is 23.3 Å². The van der Waals surface area contributed by atoms with Crippen molar-refractivity contribution in [3.05, 3.63) is 33.7 Å². The number of hydrogen-bond acceptors (Lipinski definition) is 3. The Morgan fingerprint density at radius 3 is 2.86 bits per heavy atom. The number of aryl methyl sites for hydroxylation is 1. The van der Waals surface area contributed by atoms with Gasteiger partial charge in [-0.05, 0) is 36.9 Å². The molecule has 1 aromatic rings. The molecule has 2 rings (SSSR count). The Balaban J connectivity index is 2.36. The molecule has 1 aliphatic heterocycles. The third-order valence-electron chi connectivity index (χ3n) is 2.49. The van der Waals surface area contributed by atoms with Crippen LogP contribution >= 0.6 is 11.3 Å². The molecule has 1 N–H and O–H groups in total. The standard InChI is InChI=1S/C11H14O2S/c1-8-5-7-14-10(8)11(2,12)9-4-3-6-13-9/h4-5,7,12H,3,6H2,1-2H3. The van der Waals surface area contributed by atoms with Crippen LogP contribution in [0, 0.1) is 6.92 Å². The fourth-order valence-corrected chi connectivity index (χ4v) is 2.73. The summed E-state index contributed by atoms with van der Waals surface area (Å²) in [6, 6.07) is 2.02. The Morgan fingerprint density at radius 2 is 2.36 bits per heavy atom. The van der Waals surface area contributed by atoms with Crippen LogP contribution in [0.25, 0.3) is 0 Å². The fourth-order valence-electron chi connectivity index (χ4n) is 1.74. The number of rotatable bonds is 2. The molecule has 2 nitrogen and oxygen atoms in total. The monoisotopic (exact) mass is 210 g/mol. The summed E-state index contributed by atoms with van der Waals surface area (Å²) in [7, 11) is 0. The lowest BCUT2D eigenvalue weighted by Crippen LogP contribution is -2.24. The van der Waals surface area contributed by atoms with Crippen molar-refractivity contribution in [2.45, 2.75) is 25.9 Å². The van der Waals surface area contributed by atoms with E-state index >= 15 is 0 Å². The van der Waals surface area contributed by atoms with Gasteiger partial charge in [0.2, 0.25) is 0 Å². The molecule has 0 fully saturated rings. The zero-order valence-corrected chi connectivity index (χ0v) is 9.23. The van der Waals surface area contributed by atoms with Gasteiger partial charge in [-0.3, -0.25) is 0 Å². The van der Waals surface area contributed by atoms with Crippen LogP contribution in [0.3, 0.4) is 0 Å². The maximum absolute atomic E-state index is 10.4.